The Labute approximate surface area is 182 Å². The van der Waals surface area contributed by atoms with E-state index in [4.69, 9.17) is 25.8 Å². The quantitative estimate of drug-likeness (QED) is 0.654. The molecule has 1 aliphatic heterocycles. The van der Waals surface area contributed by atoms with Gasteiger partial charge in [-0.2, -0.15) is 0 Å². The maximum atomic E-state index is 11.4. The minimum Gasteiger partial charge on any atom is -0.496 e. The Morgan fingerprint density at radius 3 is 2.37 bits per heavy atom. The molecule has 0 saturated carbocycles. The summed E-state index contributed by atoms with van der Waals surface area (Å²) < 4.78 is 16.9. The van der Waals surface area contributed by atoms with Crippen molar-refractivity contribution in [3.8, 4) is 17.2 Å². The fraction of sp³-hybridized carbons (Fsp3) is 0.435. The average molecular weight is 434 g/mol. The fourth-order valence-electron chi connectivity index (χ4n) is 4.04. The number of benzene rings is 2. The lowest BCUT2D eigenvalue weighted by molar-refractivity contribution is -0.143. The summed E-state index contributed by atoms with van der Waals surface area (Å²) in [5, 5.41) is 10.0. The van der Waals surface area contributed by atoms with E-state index < -0.39 is 5.97 Å². The van der Waals surface area contributed by atoms with Crippen LogP contribution in [0.25, 0.3) is 0 Å². The Morgan fingerprint density at radius 1 is 1.10 bits per heavy atom. The number of aliphatic carboxylic acids is 1. The van der Waals surface area contributed by atoms with E-state index in [-0.39, 0.29) is 12.0 Å². The Morgan fingerprint density at radius 2 is 1.77 bits per heavy atom. The predicted molar refractivity (Wildman–Crippen MR) is 116 cm³/mol. The van der Waals surface area contributed by atoms with E-state index in [9.17, 15) is 9.90 Å². The van der Waals surface area contributed by atoms with E-state index in [0.717, 1.165) is 16.9 Å². The first-order chi connectivity index (χ1) is 14.5. The normalized spacial score (nSPS) is 16.1. The molecule has 6 nitrogen and oxygen atoms in total. The number of nitrogens with zero attached hydrogens (tertiary/aromatic N) is 1. The third kappa shape index (κ3) is 4.82. The highest BCUT2D eigenvalue weighted by molar-refractivity contribution is 6.30. The lowest BCUT2D eigenvalue weighted by Crippen LogP contribution is -2.39. The molecule has 0 spiro atoms. The second kappa shape index (κ2) is 10.0. The number of ether oxygens (including phenoxy) is 3. The van der Waals surface area contributed by atoms with Gasteiger partial charge in [-0.3, -0.25) is 9.69 Å². The van der Waals surface area contributed by atoms with Crippen LogP contribution in [0.2, 0.25) is 5.02 Å². The van der Waals surface area contributed by atoms with Crippen LogP contribution in [-0.2, 0) is 4.79 Å². The number of likely N-dealkylation sites (tertiary alicyclic amines) is 1. The van der Waals surface area contributed by atoms with Gasteiger partial charge in [-0.15, -0.1) is 0 Å². The molecule has 0 aromatic heterocycles. The summed E-state index contributed by atoms with van der Waals surface area (Å²) in [4.78, 5) is 13.7. The molecule has 0 bridgehead atoms. The second-order valence-corrected chi connectivity index (χ2v) is 7.72. The summed E-state index contributed by atoms with van der Waals surface area (Å²) in [6, 6.07) is 11.3. The lowest BCUT2D eigenvalue weighted by Gasteiger charge is -2.37. The topological polar surface area (TPSA) is 68.2 Å². The molecule has 0 aliphatic carbocycles. The molecule has 1 heterocycles. The van der Waals surface area contributed by atoms with Gasteiger partial charge in [0.2, 0.25) is 0 Å². The van der Waals surface area contributed by atoms with Gasteiger partial charge in [0.25, 0.3) is 0 Å². The number of carbonyl (C=O) groups is 1. The standard InChI is InChI=1S/C23H28ClNO5/c1-4-30-21-13-16(5-7-20(21)29-3)22(18-14-17(24)6-8-19(18)28-2)25-11-9-15(10-12-25)23(26)27/h5-8,13-15,22H,4,9-12H2,1-3H3,(H,26,27). The molecule has 2 aromatic rings. The monoisotopic (exact) mass is 433 g/mol. The summed E-state index contributed by atoms with van der Waals surface area (Å²) in [5.74, 6) is 1.04. The molecule has 1 aliphatic rings. The summed E-state index contributed by atoms with van der Waals surface area (Å²) in [6.07, 6.45) is 1.20. The molecule has 162 valence electrons. The van der Waals surface area contributed by atoms with Crippen molar-refractivity contribution in [3.05, 3.63) is 52.5 Å². The van der Waals surface area contributed by atoms with Crippen LogP contribution in [0.15, 0.2) is 36.4 Å². The van der Waals surface area contributed by atoms with Crippen LogP contribution in [0, 0.1) is 5.92 Å². The van der Waals surface area contributed by atoms with Gasteiger partial charge in [0.05, 0.1) is 32.8 Å². The Kier molecular flexibility index (Phi) is 7.45. The van der Waals surface area contributed by atoms with Gasteiger partial charge in [0.1, 0.15) is 5.75 Å². The summed E-state index contributed by atoms with van der Waals surface area (Å²) in [5.41, 5.74) is 1.94. The van der Waals surface area contributed by atoms with E-state index in [1.807, 2.05) is 37.3 Å². The first kappa shape index (κ1) is 22.2. The van der Waals surface area contributed by atoms with Crippen molar-refractivity contribution in [2.75, 3.05) is 33.9 Å². The van der Waals surface area contributed by atoms with E-state index in [2.05, 4.69) is 4.90 Å². The number of carboxylic acids is 1. The number of rotatable bonds is 8. The third-order valence-corrected chi connectivity index (χ3v) is 5.77. The van der Waals surface area contributed by atoms with E-state index in [0.29, 0.717) is 49.1 Å². The molecule has 1 N–H and O–H groups in total. The Bertz CT molecular complexity index is 880. The SMILES string of the molecule is CCOc1cc(C(c2cc(Cl)ccc2OC)N2CCC(C(=O)O)CC2)ccc1OC. The second-order valence-electron chi connectivity index (χ2n) is 7.28. The van der Waals surface area contributed by atoms with Gasteiger partial charge in [-0.1, -0.05) is 17.7 Å². The van der Waals surface area contributed by atoms with Crippen LogP contribution in [0.3, 0.4) is 0 Å². The molecule has 1 fully saturated rings. The number of hydrogen-bond donors (Lipinski definition) is 1. The molecule has 30 heavy (non-hydrogen) atoms. The van der Waals surface area contributed by atoms with Crippen LogP contribution in [-0.4, -0.2) is 49.9 Å². The molecule has 2 aromatic carbocycles. The third-order valence-electron chi connectivity index (χ3n) is 5.53. The molecule has 1 atom stereocenters. The zero-order chi connectivity index (χ0) is 21.7. The zero-order valence-electron chi connectivity index (χ0n) is 17.6. The largest absolute Gasteiger partial charge is 0.496 e. The maximum Gasteiger partial charge on any atom is 0.306 e. The first-order valence-corrected chi connectivity index (χ1v) is 10.5. The molecular weight excluding hydrogens is 406 g/mol. The average Bonchev–Trinajstić information content (AvgIpc) is 2.75. The number of methoxy groups -OCH3 is 2. The van der Waals surface area contributed by atoms with Crippen molar-refractivity contribution < 1.29 is 24.1 Å². The smallest absolute Gasteiger partial charge is 0.306 e. The minimum absolute atomic E-state index is 0.154. The van der Waals surface area contributed by atoms with Gasteiger partial charge >= 0.3 is 5.97 Å². The van der Waals surface area contributed by atoms with Crippen LogP contribution in [0.5, 0.6) is 17.2 Å². The van der Waals surface area contributed by atoms with Gasteiger partial charge in [0.15, 0.2) is 11.5 Å². The molecule has 0 amide bonds. The highest BCUT2D eigenvalue weighted by Crippen LogP contribution is 2.41. The Balaban J connectivity index is 2.06. The highest BCUT2D eigenvalue weighted by atomic mass is 35.5. The van der Waals surface area contributed by atoms with Crippen molar-refractivity contribution in [1.29, 1.82) is 0 Å². The van der Waals surface area contributed by atoms with Gasteiger partial charge in [-0.25, -0.2) is 0 Å². The molecule has 1 unspecified atom stereocenters. The fourth-order valence-corrected chi connectivity index (χ4v) is 4.22. The van der Waals surface area contributed by atoms with Crippen molar-refractivity contribution in [3.63, 3.8) is 0 Å². The molecule has 7 heteroatoms. The molecular formula is C23H28ClNO5. The number of carboxylic acid groups (broad SMARTS) is 1. The van der Waals surface area contributed by atoms with Crippen molar-refractivity contribution in [2.45, 2.75) is 25.8 Å². The van der Waals surface area contributed by atoms with Crippen LogP contribution in [0.4, 0.5) is 0 Å². The lowest BCUT2D eigenvalue weighted by atomic mass is 9.90. The van der Waals surface area contributed by atoms with E-state index in [1.165, 1.54) is 0 Å². The summed E-state index contributed by atoms with van der Waals surface area (Å²) in [6.45, 7) is 3.77. The van der Waals surface area contributed by atoms with Gasteiger partial charge in [0, 0.05) is 10.6 Å². The molecule has 0 radical (unpaired) electrons. The van der Waals surface area contributed by atoms with Crippen LogP contribution < -0.4 is 14.2 Å². The Hall–Kier alpha value is -2.44. The van der Waals surface area contributed by atoms with E-state index >= 15 is 0 Å². The molecule has 3 rings (SSSR count). The zero-order valence-corrected chi connectivity index (χ0v) is 18.3. The van der Waals surface area contributed by atoms with E-state index in [1.54, 1.807) is 20.3 Å². The van der Waals surface area contributed by atoms with Crippen molar-refractivity contribution in [2.24, 2.45) is 5.92 Å². The summed E-state index contributed by atoms with van der Waals surface area (Å²) >= 11 is 6.34. The van der Waals surface area contributed by atoms with Crippen molar-refractivity contribution >= 4 is 17.6 Å². The number of halogens is 1. The summed E-state index contributed by atoms with van der Waals surface area (Å²) in [7, 11) is 3.26. The van der Waals surface area contributed by atoms with Crippen molar-refractivity contribution in [1.82, 2.24) is 4.90 Å². The number of hydrogen-bond acceptors (Lipinski definition) is 5. The maximum absolute atomic E-state index is 11.4. The van der Waals surface area contributed by atoms with Crippen LogP contribution >= 0.6 is 11.6 Å². The van der Waals surface area contributed by atoms with Gasteiger partial charge < -0.3 is 19.3 Å². The predicted octanol–water partition coefficient (Wildman–Crippen LogP) is 4.64. The van der Waals surface area contributed by atoms with Gasteiger partial charge in [-0.05, 0) is 68.8 Å². The first-order valence-electron chi connectivity index (χ1n) is 10.1. The highest BCUT2D eigenvalue weighted by Gasteiger charge is 2.32. The minimum atomic E-state index is -0.727. The number of piperidine rings is 1. The van der Waals surface area contributed by atoms with Crippen LogP contribution in [0.1, 0.15) is 36.9 Å². The molecule has 1 saturated heterocycles.